The van der Waals surface area contributed by atoms with Crippen LogP contribution in [0.25, 0.3) is 0 Å². The van der Waals surface area contributed by atoms with E-state index in [4.69, 9.17) is 20.3 Å². The average Bonchev–Trinajstić information content (AvgIpc) is 3.16. The van der Waals surface area contributed by atoms with Crippen LogP contribution in [0.4, 0.5) is 4.79 Å². The van der Waals surface area contributed by atoms with Gasteiger partial charge in [0, 0.05) is 18.4 Å². The lowest BCUT2D eigenvalue weighted by Gasteiger charge is -2.22. The summed E-state index contributed by atoms with van der Waals surface area (Å²) in [7, 11) is 0. The molecule has 3 rings (SSSR count). The first-order valence-electron chi connectivity index (χ1n) is 8.28. The highest BCUT2D eigenvalue weighted by Gasteiger charge is 2.42. The molecule has 0 spiro atoms. The third kappa shape index (κ3) is 3.70. The van der Waals surface area contributed by atoms with Crippen LogP contribution >= 0.6 is 0 Å². The van der Waals surface area contributed by atoms with E-state index in [1.807, 2.05) is 12.1 Å². The van der Waals surface area contributed by atoms with Gasteiger partial charge in [-0.05, 0) is 24.0 Å². The summed E-state index contributed by atoms with van der Waals surface area (Å²) in [5, 5.41) is 21.2. The number of rotatable bonds is 6. The fourth-order valence-electron chi connectivity index (χ4n) is 3.62. The van der Waals surface area contributed by atoms with E-state index >= 15 is 0 Å². The Labute approximate surface area is 140 Å². The number of aliphatic hydroxyl groups is 1. The van der Waals surface area contributed by atoms with Crippen LogP contribution in [0.15, 0.2) is 24.3 Å². The molecule has 0 aliphatic carbocycles. The maximum absolute atomic E-state index is 10.9. The van der Waals surface area contributed by atoms with Crippen LogP contribution in [-0.4, -0.2) is 54.5 Å². The van der Waals surface area contributed by atoms with Crippen molar-refractivity contribution in [1.29, 1.82) is 0 Å². The summed E-state index contributed by atoms with van der Waals surface area (Å²) in [6.07, 6.45) is -0.809. The largest absolute Gasteiger partial charge is 0.465 e. The monoisotopic (exact) mass is 336 g/mol. The summed E-state index contributed by atoms with van der Waals surface area (Å²) >= 11 is 0. The van der Waals surface area contributed by atoms with Gasteiger partial charge in [0.2, 0.25) is 0 Å². The molecule has 1 aromatic rings. The Balaban J connectivity index is 1.73. The second-order valence-corrected chi connectivity index (χ2v) is 6.44. The van der Waals surface area contributed by atoms with Crippen molar-refractivity contribution >= 4 is 6.09 Å². The fourth-order valence-corrected chi connectivity index (χ4v) is 3.62. The molecule has 1 aromatic carbocycles. The molecule has 5 atom stereocenters. The highest BCUT2D eigenvalue weighted by molar-refractivity contribution is 5.65. The van der Waals surface area contributed by atoms with Crippen LogP contribution in [0.3, 0.4) is 0 Å². The lowest BCUT2D eigenvalue weighted by Crippen LogP contribution is -2.47. The first-order chi connectivity index (χ1) is 11.6. The Morgan fingerprint density at radius 2 is 2.25 bits per heavy atom. The highest BCUT2D eigenvalue weighted by atomic mass is 16.7. The molecule has 2 aliphatic rings. The van der Waals surface area contributed by atoms with Crippen LogP contribution in [0, 0.1) is 5.92 Å². The van der Waals surface area contributed by atoms with Gasteiger partial charge in [0.25, 0.3) is 0 Å². The van der Waals surface area contributed by atoms with Gasteiger partial charge in [0.1, 0.15) is 0 Å². The van der Waals surface area contributed by atoms with E-state index in [0.717, 1.165) is 18.6 Å². The number of nitrogens with one attached hydrogen (secondary N) is 1. The first kappa shape index (κ1) is 17.2. The molecule has 2 saturated heterocycles. The molecule has 0 unspecified atom stereocenters. The Morgan fingerprint density at radius 1 is 1.42 bits per heavy atom. The zero-order valence-electron chi connectivity index (χ0n) is 13.4. The molecular formula is C17H24N2O5. The standard InChI is InChI=1S/C17H24N2O5/c18-8-15(20)14(19-17(21)22)7-10-2-1-3-11(6-10)13-9-24-16-12(13)4-5-23-16/h1-3,6,12-16,19-20H,4-5,7-9,18H2,(H,21,22)/t12-,13-,14-,15+,16+/m0/s1. The summed E-state index contributed by atoms with van der Waals surface area (Å²) in [5.41, 5.74) is 7.60. The topological polar surface area (TPSA) is 114 Å². The number of fused-ring (bicyclic) bond motifs is 1. The first-order valence-corrected chi connectivity index (χ1v) is 8.28. The van der Waals surface area contributed by atoms with Crippen molar-refractivity contribution in [2.45, 2.75) is 37.2 Å². The summed E-state index contributed by atoms with van der Waals surface area (Å²) in [4.78, 5) is 10.9. The molecule has 1 amide bonds. The number of carboxylic acid groups (broad SMARTS) is 1. The smallest absolute Gasteiger partial charge is 0.404 e. The Morgan fingerprint density at radius 3 is 3.00 bits per heavy atom. The molecule has 7 heteroatoms. The number of hydrogen-bond acceptors (Lipinski definition) is 5. The van der Waals surface area contributed by atoms with Gasteiger partial charge in [-0.3, -0.25) is 0 Å². The lowest BCUT2D eigenvalue weighted by molar-refractivity contribution is -0.0905. The summed E-state index contributed by atoms with van der Waals surface area (Å²) in [6, 6.07) is 7.39. The van der Waals surface area contributed by atoms with Gasteiger partial charge in [0.15, 0.2) is 6.29 Å². The number of ether oxygens (including phenoxy) is 2. The number of benzene rings is 1. The SMILES string of the molecule is NC[C@@H](O)[C@H](Cc1cccc([C@@H]2CO[C@H]3OCC[C@H]32)c1)NC(=O)O. The molecule has 2 aliphatic heterocycles. The van der Waals surface area contributed by atoms with Crippen LogP contribution in [-0.2, 0) is 15.9 Å². The van der Waals surface area contributed by atoms with Gasteiger partial charge in [0.05, 0.1) is 25.4 Å². The maximum Gasteiger partial charge on any atom is 0.404 e. The van der Waals surface area contributed by atoms with Crippen molar-refractivity contribution in [1.82, 2.24) is 5.32 Å². The fraction of sp³-hybridized carbons (Fsp3) is 0.588. The third-order valence-electron chi connectivity index (χ3n) is 4.89. The van der Waals surface area contributed by atoms with Crippen LogP contribution in [0.5, 0.6) is 0 Å². The summed E-state index contributed by atoms with van der Waals surface area (Å²) < 4.78 is 11.3. The molecule has 2 fully saturated rings. The zero-order valence-corrected chi connectivity index (χ0v) is 13.4. The van der Waals surface area contributed by atoms with Crippen molar-refractivity contribution in [3.63, 3.8) is 0 Å². The number of nitrogens with two attached hydrogens (primary N) is 1. The Bertz CT molecular complexity index is 582. The van der Waals surface area contributed by atoms with Crippen molar-refractivity contribution in [2.24, 2.45) is 11.7 Å². The van der Waals surface area contributed by atoms with Gasteiger partial charge in [-0.15, -0.1) is 0 Å². The van der Waals surface area contributed by atoms with Crippen LogP contribution in [0.2, 0.25) is 0 Å². The van der Waals surface area contributed by atoms with Crippen LogP contribution in [0.1, 0.15) is 23.5 Å². The van der Waals surface area contributed by atoms with E-state index in [1.54, 1.807) is 0 Å². The van der Waals surface area contributed by atoms with Crippen molar-refractivity contribution in [2.75, 3.05) is 19.8 Å². The minimum atomic E-state index is -1.17. The predicted octanol–water partition coefficient (Wildman–Crippen LogP) is 0.661. The molecule has 5 N–H and O–H groups in total. The van der Waals surface area contributed by atoms with E-state index < -0.39 is 18.2 Å². The highest BCUT2D eigenvalue weighted by Crippen LogP contribution is 2.41. The molecule has 132 valence electrons. The predicted molar refractivity (Wildman–Crippen MR) is 86.7 cm³/mol. The van der Waals surface area contributed by atoms with Gasteiger partial charge in [-0.2, -0.15) is 0 Å². The molecule has 7 nitrogen and oxygen atoms in total. The molecule has 0 saturated carbocycles. The van der Waals surface area contributed by atoms with Crippen molar-refractivity contribution < 1.29 is 24.5 Å². The third-order valence-corrected chi connectivity index (χ3v) is 4.89. The van der Waals surface area contributed by atoms with E-state index in [9.17, 15) is 9.90 Å². The van der Waals surface area contributed by atoms with Gasteiger partial charge in [-0.25, -0.2) is 4.79 Å². The quantitative estimate of drug-likeness (QED) is 0.607. The van der Waals surface area contributed by atoms with Gasteiger partial charge in [-0.1, -0.05) is 24.3 Å². The molecule has 0 aromatic heterocycles. The van der Waals surface area contributed by atoms with E-state index in [1.165, 1.54) is 5.56 Å². The number of hydrogen-bond donors (Lipinski definition) is 4. The van der Waals surface area contributed by atoms with E-state index in [0.29, 0.717) is 24.9 Å². The Kier molecular flexibility index (Phi) is 5.35. The normalized spacial score (nSPS) is 28.3. The second kappa shape index (κ2) is 7.48. The van der Waals surface area contributed by atoms with Crippen molar-refractivity contribution in [3.05, 3.63) is 35.4 Å². The molecular weight excluding hydrogens is 312 g/mol. The minimum absolute atomic E-state index is 0.00218. The summed E-state index contributed by atoms with van der Waals surface area (Å²) in [6.45, 7) is 1.38. The molecule has 0 radical (unpaired) electrons. The molecule has 24 heavy (non-hydrogen) atoms. The summed E-state index contributed by atoms with van der Waals surface area (Å²) in [5.74, 6) is 0.672. The van der Waals surface area contributed by atoms with Gasteiger partial charge < -0.3 is 30.7 Å². The number of aliphatic hydroxyl groups excluding tert-OH is 1. The molecule has 0 bridgehead atoms. The lowest BCUT2D eigenvalue weighted by atomic mass is 9.86. The molecule has 2 heterocycles. The number of amides is 1. The zero-order chi connectivity index (χ0) is 17.1. The number of carbonyl (C=O) groups is 1. The Hall–Kier alpha value is -1.67. The maximum atomic E-state index is 10.9. The average molecular weight is 336 g/mol. The van der Waals surface area contributed by atoms with Crippen LogP contribution < -0.4 is 11.1 Å². The second-order valence-electron chi connectivity index (χ2n) is 6.44. The van der Waals surface area contributed by atoms with E-state index in [2.05, 4.69) is 17.4 Å². The minimum Gasteiger partial charge on any atom is -0.465 e. The van der Waals surface area contributed by atoms with Crippen molar-refractivity contribution in [3.8, 4) is 0 Å². The van der Waals surface area contributed by atoms with Gasteiger partial charge >= 0.3 is 6.09 Å². The van der Waals surface area contributed by atoms with E-state index in [-0.39, 0.29) is 12.8 Å².